The van der Waals surface area contributed by atoms with E-state index in [4.69, 9.17) is 4.74 Å². The maximum absolute atomic E-state index is 13.0. The number of carbonyl (C=O) groups excluding carboxylic acids is 1. The van der Waals surface area contributed by atoms with Crippen molar-refractivity contribution >= 4 is 15.9 Å². The number of hydrogen-bond donors (Lipinski definition) is 1. The summed E-state index contributed by atoms with van der Waals surface area (Å²) in [7, 11) is -2.11. The van der Waals surface area contributed by atoms with Crippen LogP contribution in [0.2, 0.25) is 0 Å². The number of amides is 1. The van der Waals surface area contributed by atoms with Gasteiger partial charge >= 0.3 is 0 Å². The van der Waals surface area contributed by atoms with Crippen LogP contribution in [0.3, 0.4) is 0 Å². The predicted molar refractivity (Wildman–Crippen MR) is 128 cm³/mol. The number of hydrogen-bond acceptors (Lipinski definition) is 5. The van der Waals surface area contributed by atoms with Gasteiger partial charge in [-0.05, 0) is 42.2 Å². The van der Waals surface area contributed by atoms with Crippen molar-refractivity contribution in [3.63, 3.8) is 0 Å². The van der Waals surface area contributed by atoms with Crippen LogP contribution in [0.1, 0.15) is 30.0 Å². The van der Waals surface area contributed by atoms with Crippen LogP contribution in [-0.2, 0) is 21.4 Å². The molecule has 1 amide bonds. The number of benzene rings is 2. The Kier molecular flexibility index (Phi) is 7.14. The molecule has 1 aliphatic heterocycles. The molecule has 4 rings (SSSR count). The molecule has 178 valence electrons. The van der Waals surface area contributed by atoms with Gasteiger partial charge < -0.3 is 14.6 Å². The standard InChI is InChI=1S/C25H27N3O5S/c1-33-21-11-9-20(10-12-21)25(19-7-3-2-4-8-19)26-23(29)18-27-17-22(13-14-24(27)30)34(31,32)28-15-5-6-16-28/h2-4,7-14,17,25H,5-6,15-16,18H2,1H3,(H,26,29)/t25-/m1/s1. The van der Waals surface area contributed by atoms with Crippen LogP contribution in [-0.4, -0.2) is 43.4 Å². The van der Waals surface area contributed by atoms with Crippen molar-refractivity contribution in [2.24, 2.45) is 0 Å². The predicted octanol–water partition coefficient (Wildman–Crippen LogP) is 2.55. The first kappa shape index (κ1) is 23.7. The van der Waals surface area contributed by atoms with Crippen molar-refractivity contribution in [3.8, 4) is 5.75 Å². The molecule has 2 heterocycles. The Morgan fingerprint density at radius 2 is 1.62 bits per heavy atom. The van der Waals surface area contributed by atoms with E-state index in [-0.39, 0.29) is 11.4 Å². The normalized spacial score (nSPS) is 15.1. The third-order valence-corrected chi connectivity index (χ3v) is 7.74. The van der Waals surface area contributed by atoms with Crippen molar-refractivity contribution in [1.82, 2.24) is 14.2 Å². The smallest absolute Gasteiger partial charge is 0.251 e. The van der Waals surface area contributed by atoms with Crippen molar-refractivity contribution in [3.05, 3.63) is 94.4 Å². The second-order valence-electron chi connectivity index (χ2n) is 8.13. The number of carbonyl (C=O) groups is 1. The lowest BCUT2D eigenvalue weighted by molar-refractivity contribution is -0.122. The monoisotopic (exact) mass is 481 g/mol. The van der Waals surface area contributed by atoms with E-state index in [1.807, 2.05) is 54.6 Å². The largest absolute Gasteiger partial charge is 0.497 e. The average molecular weight is 482 g/mol. The maximum Gasteiger partial charge on any atom is 0.251 e. The maximum atomic E-state index is 13.0. The van der Waals surface area contributed by atoms with E-state index in [2.05, 4.69) is 5.32 Å². The minimum atomic E-state index is -3.70. The number of methoxy groups -OCH3 is 1. The summed E-state index contributed by atoms with van der Waals surface area (Å²) in [6.07, 6.45) is 2.88. The second kappa shape index (κ2) is 10.2. The number of pyridine rings is 1. The molecule has 0 saturated carbocycles. The Hall–Kier alpha value is -3.43. The first-order valence-electron chi connectivity index (χ1n) is 11.1. The molecule has 9 heteroatoms. The molecule has 1 atom stereocenters. The van der Waals surface area contributed by atoms with E-state index in [0.29, 0.717) is 18.8 Å². The molecule has 3 aromatic rings. The Labute approximate surface area is 198 Å². The van der Waals surface area contributed by atoms with Gasteiger partial charge in [-0.25, -0.2) is 8.42 Å². The molecule has 1 aromatic heterocycles. The summed E-state index contributed by atoms with van der Waals surface area (Å²) in [5.41, 5.74) is 1.27. The Morgan fingerprint density at radius 3 is 2.26 bits per heavy atom. The summed E-state index contributed by atoms with van der Waals surface area (Å²) in [6, 6.07) is 18.9. The van der Waals surface area contributed by atoms with Gasteiger partial charge in [-0.1, -0.05) is 42.5 Å². The number of nitrogens with one attached hydrogen (secondary N) is 1. The molecule has 0 radical (unpaired) electrons. The minimum absolute atomic E-state index is 0.0107. The Bertz CT molecular complexity index is 1300. The number of rotatable bonds is 8. The van der Waals surface area contributed by atoms with Gasteiger partial charge in [-0.2, -0.15) is 4.31 Å². The Morgan fingerprint density at radius 1 is 0.971 bits per heavy atom. The van der Waals surface area contributed by atoms with Crippen LogP contribution in [0.4, 0.5) is 0 Å². The topological polar surface area (TPSA) is 97.7 Å². The molecule has 1 aliphatic rings. The van der Waals surface area contributed by atoms with Gasteiger partial charge in [0.25, 0.3) is 5.56 Å². The quantitative estimate of drug-likeness (QED) is 0.533. The van der Waals surface area contributed by atoms with Crippen LogP contribution in [0, 0.1) is 0 Å². The third-order valence-electron chi connectivity index (χ3n) is 5.86. The summed E-state index contributed by atoms with van der Waals surface area (Å²) >= 11 is 0. The van der Waals surface area contributed by atoms with Gasteiger partial charge in [0.2, 0.25) is 15.9 Å². The van der Waals surface area contributed by atoms with Gasteiger partial charge in [0.05, 0.1) is 18.0 Å². The molecular formula is C25H27N3O5S. The van der Waals surface area contributed by atoms with Crippen molar-refractivity contribution in [2.75, 3.05) is 20.2 Å². The zero-order valence-electron chi connectivity index (χ0n) is 18.9. The number of aromatic nitrogens is 1. The number of ether oxygens (including phenoxy) is 1. The van der Waals surface area contributed by atoms with Gasteiger partial charge in [-0.3, -0.25) is 9.59 Å². The minimum Gasteiger partial charge on any atom is -0.497 e. The highest BCUT2D eigenvalue weighted by Crippen LogP contribution is 2.24. The molecule has 2 aromatic carbocycles. The Balaban J connectivity index is 1.57. The molecule has 1 N–H and O–H groups in total. The number of sulfonamides is 1. The van der Waals surface area contributed by atoms with E-state index in [1.54, 1.807) is 7.11 Å². The van der Waals surface area contributed by atoms with Crippen LogP contribution in [0.25, 0.3) is 0 Å². The van der Waals surface area contributed by atoms with Gasteiger partial charge in [0, 0.05) is 25.4 Å². The molecule has 0 aliphatic carbocycles. The molecule has 34 heavy (non-hydrogen) atoms. The van der Waals surface area contributed by atoms with Crippen molar-refractivity contribution in [2.45, 2.75) is 30.3 Å². The van der Waals surface area contributed by atoms with Crippen LogP contribution in [0.5, 0.6) is 5.75 Å². The molecular weight excluding hydrogens is 454 g/mol. The zero-order valence-corrected chi connectivity index (χ0v) is 19.7. The molecule has 0 spiro atoms. The third kappa shape index (κ3) is 5.21. The summed E-state index contributed by atoms with van der Waals surface area (Å²) < 4.78 is 33.5. The molecule has 1 fully saturated rings. The van der Waals surface area contributed by atoms with Crippen LogP contribution in [0.15, 0.2) is 82.6 Å². The summed E-state index contributed by atoms with van der Waals surface area (Å²) in [4.78, 5) is 25.4. The first-order valence-corrected chi connectivity index (χ1v) is 12.5. The molecule has 0 unspecified atom stereocenters. The highest BCUT2D eigenvalue weighted by Gasteiger charge is 2.28. The fraction of sp³-hybridized carbons (Fsp3) is 0.280. The SMILES string of the molecule is COc1ccc([C@H](NC(=O)Cn2cc(S(=O)(=O)N3CCCC3)ccc2=O)c2ccccc2)cc1. The lowest BCUT2D eigenvalue weighted by Gasteiger charge is -2.21. The number of nitrogens with zero attached hydrogens (tertiary/aromatic N) is 2. The summed E-state index contributed by atoms with van der Waals surface area (Å²) in [5, 5.41) is 2.98. The van der Waals surface area contributed by atoms with Crippen molar-refractivity contribution < 1.29 is 17.9 Å². The fourth-order valence-electron chi connectivity index (χ4n) is 4.03. The van der Waals surface area contributed by atoms with E-state index in [1.165, 1.54) is 22.6 Å². The average Bonchev–Trinajstić information content (AvgIpc) is 3.41. The lowest BCUT2D eigenvalue weighted by Crippen LogP contribution is -2.35. The van der Waals surface area contributed by atoms with Crippen LogP contribution < -0.4 is 15.6 Å². The lowest BCUT2D eigenvalue weighted by atomic mass is 9.98. The molecule has 0 bridgehead atoms. The summed E-state index contributed by atoms with van der Waals surface area (Å²) in [5.74, 6) is 0.284. The molecule has 8 nitrogen and oxygen atoms in total. The fourth-order valence-corrected chi connectivity index (χ4v) is 5.56. The second-order valence-corrected chi connectivity index (χ2v) is 10.1. The van der Waals surface area contributed by atoms with Crippen LogP contribution >= 0.6 is 0 Å². The highest BCUT2D eigenvalue weighted by atomic mass is 32.2. The van der Waals surface area contributed by atoms with E-state index >= 15 is 0 Å². The highest BCUT2D eigenvalue weighted by molar-refractivity contribution is 7.89. The molecule has 1 saturated heterocycles. The van der Waals surface area contributed by atoms with Gasteiger partial charge in [0.15, 0.2) is 0 Å². The van der Waals surface area contributed by atoms with E-state index < -0.39 is 27.5 Å². The van der Waals surface area contributed by atoms with E-state index in [9.17, 15) is 18.0 Å². The van der Waals surface area contributed by atoms with Crippen molar-refractivity contribution in [1.29, 1.82) is 0 Å². The van der Waals surface area contributed by atoms with Gasteiger partial charge in [-0.15, -0.1) is 0 Å². The van der Waals surface area contributed by atoms with E-state index in [0.717, 1.165) is 28.5 Å². The first-order chi connectivity index (χ1) is 16.4. The zero-order chi connectivity index (χ0) is 24.1. The summed E-state index contributed by atoms with van der Waals surface area (Å²) in [6.45, 7) is 0.618. The van der Waals surface area contributed by atoms with Gasteiger partial charge in [0.1, 0.15) is 12.3 Å².